The van der Waals surface area contributed by atoms with Crippen LogP contribution in [0, 0.1) is 0 Å². The van der Waals surface area contributed by atoms with Crippen LogP contribution in [0.4, 0.5) is 0 Å². The van der Waals surface area contributed by atoms with E-state index in [0.717, 1.165) is 5.92 Å². The molecule has 0 bridgehead atoms. The summed E-state index contributed by atoms with van der Waals surface area (Å²) in [4.78, 5) is 11.6. The van der Waals surface area contributed by atoms with Gasteiger partial charge in [0.15, 0.2) is 0 Å². The lowest BCUT2D eigenvalue weighted by atomic mass is 9.83. The van der Waals surface area contributed by atoms with Crippen LogP contribution in [-0.4, -0.2) is 18.0 Å². The summed E-state index contributed by atoms with van der Waals surface area (Å²) in [6, 6.07) is 8.91. The van der Waals surface area contributed by atoms with Gasteiger partial charge in [-0.25, -0.2) is 0 Å². The number of esters is 1. The highest BCUT2D eigenvalue weighted by atomic mass is 35.5. The third-order valence-corrected chi connectivity index (χ3v) is 5.04. The summed E-state index contributed by atoms with van der Waals surface area (Å²) < 4.78 is 4.97. The number of alkyl halides is 1. The number of carbonyl (C=O) groups is 1. The molecular formula is C19H27ClO2. The normalized spacial score (nSPS) is 18.7. The van der Waals surface area contributed by atoms with Crippen LogP contribution in [0.2, 0.25) is 0 Å². The van der Waals surface area contributed by atoms with E-state index >= 15 is 0 Å². The van der Waals surface area contributed by atoms with E-state index in [4.69, 9.17) is 16.3 Å². The SMILES string of the molecule is CCOC(=O)C(Cl)CC(C)c1ccc(C2CCCCC2)cc1. The summed E-state index contributed by atoms with van der Waals surface area (Å²) >= 11 is 6.13. The van der Waals surface area contributed by atoms with Crippen LogP contribution < -0.4 is 0 Å². The zero-order chi connectivity index (χ0) is 15.9. The highest BCUT2D eigenvalue weighted by Gasteiger charge is 2.21. The van der Waals surface area contributed by atoms with E-state index in [1.54, 1.807) is 6.92 Å². The van der Waals surface area contributed by atoms with Crippen LogP contribution in [0.15, 0.2) is 24.3 Å². The largest absolute Gasteiger partial charge is 0.465 e. The maximum Gasteiger partial charge on any atom is 0.324 e. The fraction of sp³-hybridized carbons (Fsp3) is 0.632. The predicted octanol–water partition coefficient (Wildman–Crippen LogP) is 5.40. The van der Waals surface area contributed by atoms with E-state index in [-0.39, 0.29) is 11.9 Å². The Morgan fingerprint density at radius 2 is 1.86 bits per heavy atom. The molecule has 0 aromatic heterocycles. The molecule has 1 fully saturated rings. The van der Waals surface area contributed by atoms with Gasteiger partial charge in [0.1, 0.15) is 5.38 Å². The summed E-state index contributed by atoms with van der Waals surface area (Å²) in [5.41, 5.74) is 2.71. The van der Waals surface area contributed by atoms with Gasteiger partial charge in [0.25, 0.3) is 0 Å². The standard InChI is InChI=1S/C19H27ClO2/c1-3-22-19(21)18(20)13-14(2)15-9-11-17(12-10-15)16-7-5-4-6-8-16/h9-12,14,16,18H,3-8,13H2,1-2H3. The van der Waals surface area contributed by atoms with E-state index in [1.165, 1.54) is 43.2 Å². The van der Waals surface area contributed by atoms with Gasteiger partial charge >= 0.3 is 5.97 Å². The van der Waals surface area contributed by atoms with Gasteiger partial charge in [-0.05, 0) is 49.1 Å². The molecule has 2 nitrogen and oxygen atoms in total. The van der Waals surface area contributed by atoms with Crippen molar-refractivity contribution in [3.8, 4) is 0 Å². The van der Waals surface area contributed by atoms with Crippen molar-refractivity contribution in [2.24, 2.45) is 0 Å². The molecule has 122 valence electrons. The Hall–Kier alpha value is -1.02. The number of hydrogen-bond donors (Lipinski definition) is 0. The molecule has 0 amide bonds. The monoisotopic (exact) mass is 322 g/mol. The van der Waals surface area contributed by atoms with Crippen LogP contribution in [0.1, 0.15) is 75.3 Å². The second kappa shape index (κ2) is 8.57. The van der Waals surface area contributed by atoms with E-state index < -0.39 is 5.38 Å². The minimum atomic E-state index is -0.562. The molecule has 2 unspecified atom stereocenters. The van der Waals surface area contributed by atoms with Crippen molar-refractivity contribution < 1.29 is 9.53 Å². The smallest absolute Gasteiger partial charge is 0.324 e. The van der Waals surface area contributed by atoms with Crippen molar-refractivity contribution in [1.29, 1.82) is 0 Å². The molecule has 22 heavy (non-hydrogen) atoms. The molecule has 1 aromatic rings. The van der Waals surface area contributed by atoms with E-state index in [2.05, 4.69) is 31.2 Å². The molecule has 1 aliphatic carbocycles. The average Bonchev–Trinajstić information content (AvgIpc) is 2.56. The van der Waals surface area contributed by atoms with Crippen molar-refractivity contribution >= 4 is 17.6 Å². The van der Waals surface area contributed by atoms with Crippen LogP contribution >= 0.6 is 11.6 Å². The Labute approximate surface area is 139 Å². The number of ether oxygens (including phenoxy) is 1. The summed E-state index contributed by atoms with van der Waals surface area (Å²) in [5.74, 6) is 0.681. The number of hydrogen-bond acceptors (Lipinski definition) is 2. The second-order valence-electron chi connectivity index (χ2n) is 6.36. The lowest BCUT2D eigenvalue weighted by Crippen LogP contribution is -2.19. The molecule has 2 atom stereocenters. The summed E-state index contributed by atoms with van der Waals surface area (Å²) in [5, 5.41) is -0.562. The third-order valence-electron chi connectivity index (χ3n) is 4.68. The minimum Gasteiger partial charge on any atom is -0.465 e. The lowest BCUT2D eigenvalue weighted by molar-refractivity contribution is -0.142. The molecule has 2 rings (SSSR count). The molecule has 0 N–H and O–H groups in total. The number of carbonyl (C=O) groups excluding carboxylic acids is 1. The fourth-order valence-corrected chi connectivity index (χ4v) is 3.64. The zero-order valence-corrected chi connectivity index (χ0v) is 14.4. The Balaban J connectivity index is 1.92. The van der Waals surface area contributed by atoms with Crippen molar-refractivity contribution in [3.63, 3.8) is 0 Å². The molecule has 0 spiro atoms. The van der Waals surface area contributed by atoms with Crippen LogP contribution in [0.25, 0.3) is 0 Å². The van der Waals surface area contributed by atoms with Crippen molar-refractivity contribution in [2.45, 2.75) is 69.6 Å². The maximum atomic E-state index is 11.6. The highest BCUT2D eigenvalue weighted by molar-refractivity contribution is 6.29. The first-order valence-electron chi connectivity index (χ1n) is 8.52. The minimum absolute atomic E-state index is 0.257. The quantitative estimate of drug-likeness (QED) is 0.518. The summed E-state index contributed by atoms with van der Waals surface area (Å²) in [7, 11) is 0. The van der Waals surface area contributed by atoms with Crippen LogP contribution in [-0.2, 0) is 9.53 Å². The van der Waals surface area contributed by atoms with Crippen molar-refractivity contribution in [2.75, 3.05) is 6.61 Å². The van der Waals surface area contributed by atoms with Gasteiger partial charge in [-0.3, -0.25) is 4.79 Å². The van der Waals surface area contributed by atoms with E-state index in [1.807, 2.05) is 0 Å². The van der Waals surface area contributed by atoms with Gasteiger partial charge in [0, 0.05) is 0 Å². The van der Waals surface area contributed by atoms with E-state index in [0.29, 0.717) is 13.0 Å². The maximum absolute atomic E-state index is 11.6. The number of halogens is 1. The Bertz CT molecular complexity index is 463. The van der Waals surface area contributed by atoms with Gasteiger partial charge < -0.3 is 4.74 Å². The van der Waals surface area contributed by atoms with Gasteiger partial charge in [0.2, 0.25) is 0 Å². The molecular weight excluding hydrogens is 296 g/mol. The first-order valence-corrected chi connectivity index (χ1v) is 8.96. The molecule has 1 aromatic carbocycles. The predicted molar refractivity (Wildman–Crippen MR) is 91.6 cm³/mol. The van der Waals surface area contributed by atoms with Gasteiger partial charge in [-0.1, -0.05) is 50.5 Å². The average molecular weight is 323 g/mol. The topological polar surface area (TPSA) is 26.3 Å². The molecule has 0 aliphatic heterocycles. The van der Waals surface area contributed by atoms with Gasteiger partial charge in [-0.2, -0.15) is 0 Å². The third kappa shape index (κ3) is 4.74. The van der Waals surface area contributed by atoms with Crippen LogP contribution in [0.3, 0.4) is 0 Å². The van der Waals surface area contributed by atoms with Crippen LogP contribution in [0.5, 0.6) is 0 Å². The van der Waals surface area contributed by atoms with Crippen molar-refractivity contribution in [1.82, 2.24) is 0 Å². The van der Waals surface area contributed by atoms with Crippen molar-refractivity contribution in [3.05, 3.63) is 35.4 Å². The molecule has 0 saturated heterocycles. The van der Waals surface area contributed by atoms with Gasteiger partial charge in [-0.15, -0.1) is 11.6 Å². The molecule has 1 aliphatic rings. The zero-order valence-electron chi connectivity index (χ0n) is 13.7. The molecule has 0 heterocycles. The Kier molecular flexibility index (Phi) is 6.75. The van der Waals surface area contributed by atoms with Gasteiger partial charge in [0.05, 0.1) is 6.61 Å². The summed E-state index contributed by atoms with van der Waals surface area (Å²) in [6.45, 7) is 4.30. The fourth-order valence-electron chi connectivity index (χ4n) is 3.31. The Morgan fingerprint density at radius 3 is 2.45 bits per heavy atom. The highest BCUT2D eigenvalue weighted by Crippen LogP contribution is 2.33. The van der Waals surface area contributed by atoms with E-state index in [9.17, 15) is 4.79 Å². The Morgan fingerprint density at radius 1 is 1.23 bits per heavy atom. The first-order chi connectivity index (χ1) is 10.6. The molecule has 1 saturated carbocycles. The number of rotatable bonds is 6. The summed E-state index contributed by atoms with van der Waals surface area (Å²) in [6.07, 6.45) is 7.36. The lowest BCUT2D eigenvalue weighted by Gasteiger charge is -2.22. The second-order valence-corrected chi connectivity index (χ2v) is 6.88. The number of benzene rings is 1. The molecule has 0 radical (unpaired) electrons. The first kappa shape index (κ1) is 17.3. The molecule has 3 heteroatoms.